The molecular formula is C43H42N4O6. The van der Waals surface area contributed by atoms with E-state index < -0.39 is 12.4 Å². The number of aliphatic hydroxyl groups excluding tert-OH is 2. The van der Waals surface area contributed by atoms with Gasteiger partial charge in [-0.1, -0.05) is 97.1 Å². The van der Waals surface area contributed by atoms with Gasteiger partial charge in [0.25, 0.3) is 5.91 Å². The molecule has 1 saturated heterocycles. The molecule has 4 atom stereocenters. The van der Waals surface area contributed by atoms with E-state index in [1.165, 1.54) is 6.20 Å². The Balaban J connectivity index is 1.06. The van der Waals surface area contributed by atoms with Gasteiger partial charge in [-0.25, -0.2) is 4.98 Å². The third-order valence-corrected chi connectivity index (χ3v) is 9.50. The van der Waals surface area contributed by atoms with Crippen LogP contribution in [0.4, 0.5) is 0 Å². The fourth-order valence-electron chi connectivity index (χ4n) is 6.70. The maximum absolute atomic E-state index is 13.0. The van der Waals surface area contributed by atoms with Crippen LogP contribution in [-0.2, 0) is 22.6 Å². The number of carbonyl (C=O) groups is 1. The zero-order chi connectivity index (χ0) is 36.7. The van der Waals surface area contributed by atoms with Crippen molar-refractivity contribution in [1.82, 2.24) is 20.2 Å². The van der Waals surface area contributed by atoms with Crippen LogP contribution in [0, 0.1) is 0 Å². The Morgan fingerprint density at radius 2 is 1.62 bits per heavy atom. The predicted molar refractivity (Wildman–Crippen MR) is 202 cm³/mol. The number of nitrogens with zero attached hydrogens (tertiary/aromatic N) is 3. The van der Waals surface area contributed by atoms with E-state index in [0.29, 0.717) is 37.1 Å². The number of hydrogen-bond acceptors (Lipinski definition) is 9. The maximum Gasteiger partial charge on any atom is 0.271 e. The SMILES string of the molecule is CN(C[C@H]1C[C@@H](c2ccc(CO)cc2)O[C@@H](c2ccc(-c3ccccc3CNC(=O)c3cnc4ccccc4n3)cc2)O1)C[C@@H](O)c1cccc(O)c1. The average molecular weight is 711 g/mol. The number of likely N-dealkylation sites (N-methyl/N-ethyl adjacent to an activating group) is 1. The molecular weight excluding hydrogens is 668 g/mol. The Kier molecular flexibility index (Phi) is 11.1. The Morgan fingerprint density at radius 1 is 0.887 bits per heavy atom. The first-order chi connectivity index (χ1) is 25.8. The van der Waals surface area contributed by atoms with E-state index in [0.717, 1.165) is 38.9 Å². The number of phenols is 1. The smallest absolute Gasteiger partial charge is 0.271 e. The van der Waals surface area contributed by atoms with Crippen molar-refractivity contribution < 1.29 is 29.6 Å². The number of aromatic hydroxyl groups is 1. The number of aromatic nitrogens is 2. The average Bonchev–Trinajstić information content (AvgIpc) is 3.19. The van der Waals surface area contributed by atoms with Crippen LogP contribution in [0.25, 0.3) is 22.2 Å². The number of para-hydroxylation sites is 2. The van der Waals surface area contributed by atoms with Gasteiger partial charge in [0, 0.05) is 31.6 Å². The summed E-state index contributed by atoms with van der Waals surface area (Å²) >= 11 is 0. The fraction of sp³-hybridized carbons (Fsp3) is 0.233. The van der Waals surface area contributed by atoms with E-state index in [-0.39, 0.29) is 36.2 Å². The summed E-state index contributed by atoms with van der Waals surface area (Å²) in [6, 6.07) is 37.9. The van der Waals surface area contributed by atoms with Gasteiger partial charge in [0.1, 0.15) is 11.4 Å². The Labute approximate surface area is 308 Å². The molecule has 0 bridgehead atoms. The van der Waals surface area contributed by atoms with Crippen LogP contribution in [0.2, 0.25) is 0 Å². The minimum atomic E-state index is -0.777. The first-order valence-corrected chi connectivity index (χ1v) is 17.7. The number of ether oxygens (including phenoxy) is 2. The standard InChI is InChI=1S/C43H42N4O6/c1-47(26-40(50)32-8-6-9-34(49)21-32)25-35-22-41(30-15-13-28(27-48)14-16-30)53-43(52-35)31-19-17-29(18-20-31)36-10-3-2-7-33(36)23-45-42(51)39-24-44-37-11-4-5-12-38(37)46-39/h2-21,24,35,40-41,43,48-50H,22-23,25-27H2,1H3,(H,45,51)/t35-,40-,41+,43+/m1/s1. The number of fused-ring (bicyclic) bond motifs is 1. The summed E-state index contributed by atoms with van der Waals surface area (Å²) in [4.78, 5) is 23.9. The second-order valence-corrected chi connectivity index (χ2v) is 13.4. The fourth-order valence-corrected chi connectivity index (χ4v) is 6.70. The maximum atomic E-state index is 13.0. The lowest BCUT2D eigenvalue weighted by Gasteiger charge is -2.38. The van der Waals surface area contributed by atoms with Crippen molar-refractivity contribution in [3.8, 4) is 16.9 Å². The Hall–Kier alpha value is -5.49. The number of phenolic OH excluding ortho intramolecular Hbond substituents is 1. The molecule has 4 N–H and O–H groups in total. The van der Waals surface area contributed by atoms with Crippen LogP contribution in [0.5, 0.6) is 5.75 Å². The molecule has 1 amide bonds. The van der Waals surface area contributed by atoms with Crippen LogP contribution >= 0.6 is 0 Å². The first kappa shape index (κ1) is 35.9. The summed E-state index contributed by atoms with van der Waals surface area (Å²) in [7, 11) is 1.94. The van der Waals surface area contributed by atoms with Crippen LogP contribution in [0.1, 0.15) is 63.2 Å². The summed E-state index contributed by atoms with van der Waals surface area (Å²) < 4.78 is 13.1. The minimum absolute atomic E-state index is 0.0343. The van der Waals surface area contributed by atoms with E-state index in [4.69, 9.17) is 9.47 Å². The molecule has 1 fully saturated rings. The highest BCUT2D eigenvalue weighted by Crippen LogP contribution is 2.39. The molecule has 0 unspecified atom stereocenters. The van der Waals surface area contributed by atoms with Gasteiger partial charge in [-0.3, -0.25) is 9.78 Å². The highest BCUT2D eigenvalue weighted by atomic mass is 16.7. The van der Waals surface area contributed by atoms with Gasteiger partial charge in [0.05, 0.1) is 42.1 Å². The molecule has 0 aliphatic carbocycles. The number of benzene rings is 5. The third-order valence-electron chi connectivity index (χ3n) is 9.50. The molecule has 10 nitrogen and oxygen atoms in total. The zero-order valence-corrected chi connectivity index (χ0v) is 29.4. The Bertz CT molecular complexity index is 2160. The molecule has 2 heterocycles. The van der Waals surface area contributed by atoms with Crippen LogP contribution < -0.4 is 5.32 Å². The zero-order valence-electron chi connectivity index (χ0n) is 29.4. The summed E-state index contributed by atoms with van der Waals surface area (Å²) in [5.41, 5.74) is 7.91. The van der Waals surface area contributed by atoms with Crippen molar-refractivity contribution in [2.45, 2.75) is 44.2 Å². The monoisotopic (exact) mass is 710 g/mol. The molecule has 1 aromatic heterocycles. The van der Waals surface area contributed by atoms with E-state index >= 15 is 0 Å². The van der Waals surface area contributed by atoms with Crippen molar-refractivity contribution in [2.24, 2.45) is 0 Å². The lowest BCUT2D eigenvalue weighted by molar-refractivity contribution is -0.252. The minimum Gasteiger partial charge on any atom is -0.508 e. The number of carbonyl (C=O) groups excluding carboxylic acids is 1. The van der Waals surface area contributed by atoms with Gasteiger partial charge in [-0.15, -0.1) is 0 Å². The third kappa shape index (κ3) is 8.77. The van der Waals surface area contributed by atoms with Gasteiger partial charge in [-0.05, 0) is 64.7 Å². The topological polar surface area (TPSA) is 137 Å². The van der Waals surface area contributed by atoms with Gasteiger partial charge < -0.3 is 35.0 Å². The van der Waals surface area contributed by atoms with E-state index in [9.17, 15) is 20.1 Å². The normalized spacial score (nSPS) is 17.8. The van der Waals surface area contributed by atoms with Crippen molar-refractivity contribution in [3.05, 3.63) is 161 Å². The predicted octanol–water partition coefficient (Wildman–Crippen LogP) is 6.64. The molecule has 1 aliphatic rings. The van der Waals surface area contributed by atoms with Crippen LogP contribution in [0.15, 0.2) is 128 Å². The second-order valence-electron chi connectivity index (χ2n) is 13.4. The van der Waals surface area contributed by atoms with Gasteiger partial charge in [0.2, 0.25) is 0 Å². The van der Waals surface area contributed by atoms with E-state index in [1.807, 2.05) is 109 Å². The van der Waals surface area contributed by atoms with Crippen molar-refractivity contribution in [3.63, 3.8) is 0 Å². The molecule has 0 spiro atoms. The quantitative estimate of drug-likeness (QED) is 0.110. The summed E-state index contributed by atoms with van der Waals surface area (Å²) in [5, 5.41) is 33.3. The molecule has 10 heteroatoms. The molecule has 53 heavy (non-hydrogen) atoms. The molecule has 1 aliphatic heterocycles. The molecule has 0 radical (unpaired) electrons. The highest BCUT2D eigenvalue weighted by molar-refractivity contribution is 5.93. The van der Waals surface area contributed by atoms with Gasteiger partial charge in [-0.2, -0.15) is 0 Å². The summed E-state index contributed by atoms with van der Waals surface area (Å²) in [5.74, 6) is -0.182. The first-order valence-electron chi connectivity index (χ1n) is 17.7. The number of nitrogens with one attached hydrogen (secondary N) is 1. The second kappa shape index (κ2) is 16.5. The molecule has 7 rings (SSSR count). The van der Waals surface area contributed by atoms with Crippen molar-refractivity contribution >= 4 is 16.9 Å². The van der Waals surface area contributed by atoms with E-state index in [1.54, 1.807) is 24.3 Å². The van der Waals surface area contributed by atoms with Crippen molar-refractivity contribution in [2.75, 3.05) is 20.1 Å². The molecule has 270 valence electrons. The number of aliphatic hydroxyl groups is 2. The lowest BCUT2D eigenvalue weighted by atomic mass is 9.97. The lowest BCUT2D eigenvalue weighted by Crippen LogP contribution is -2.39. The van der Waals surface area contributed by atoms with Crippen LogP contribution in [-0.4, -0.2) is 62.3 Å². The van der Waals surface area contributed by atoms with Gasteiger partial charge in [0.15, 0.2) is 6.29 Å². The summed E-state index contributed by atoms with van der Waals surface area (Å²) in [6.07, 6.45) is 0.202. The summed E-state index contributed by atoms with van der Waals surface area (Å²) in [6.45, 7) is 1.18. The number of hydrogen-bond donors (Lipinski definition) is 4. The molecule has 5 aromatic carbocycles. The van der Waals surface area contributed by atoms with Gasteiger partial charge >= 0.3 is 0 Å². The number of rotatable bonds is 12. The Morgan fingerprint density at radius 3 is 2.40 bits per heavy atom. The largest absolute Gasteiger partial charge is 0.508 e. The number of amides is 1. The molecule has 0 saturated carbocycles. The highest BCUT2D eigenvalue weighted by Gasteiger charge is 2.33. The van der Waals surface area contributed by atoms with Crippen molar-refractivity contribution in [1.29, 1.82) is 0 Å². The van der Waals surface area contributed by atoms with Crippen LogP contribution in [0.3, 0.4) is 0 Å². The molecule has 6 aromatic rings. The van der Waals surface area contributed by atoms with E-state index in [2.05, 4.69) is 15.3 Å².